The van der Waals surface area contributed by atoms with Gasteiger partial charge in [0.15, 0.2) is 11.0 Å². The fourth-order valence-electron chi connectivity index (χ4n) is 3.73. The molecule has 1 saturated heterocycles. The lowest BCUT2D eigenvalue weighted by atomic mass is 10.1. The van der Waals surface area contributed by atoms with Crippen molar-refractivity contribution in [3.05, 3.63) is 88.0 Å². The maximum absolute atomic E-state index is 13.7. The number of hydrogen-bond donors (Lipinski definition) is 0. The number of ether oxygens (including phenoxy) is 1. The van der Waals surface area contributed by atoms with Crippen LogP contribution in [-0.2, 0) is 4.79 Å². The molecule has 1 amide bonds. The Bertz CT molecular complexity index is 1400. The van der Waals surface area contributed by atoms with Gasteiger partial charge in [-0.25, -0.2) is 9.38 Å². The summed E-state index contributed by atoms with van der Waals surface area (Å²) in [7, 11) is 3.53. The Morgan fingerprint density at radius 1 is 1.00 bits per heavy atom. The summed E-state index contributed by atoms with van der Waals surface area (Å²) < 4.78 is 19.0. The second kappa shape index (κ2) is 9.24. The van der Waals surface area contributed by atoms with Crippen LogP contribution < -0.4 is 14.5 Å². The van der Waals surface area contributed by atoms with Crippen molar-refractivity contribution in [2.24, 2.45) is 4.99 Å². The summed E-state index contributed by atoms with van der Waals surface area (Å²) in [6, 6.07) is 18.4. The molecule has 2 aliphatic heterocycles. The number of fused-ring (bicyclic) bond motifs is 1. The Hall–Kier alpha value is -3.56. The van der Waals surface area contributed by atoms with E-state index in [0.717, 1.165) is 21.4 Å². The SMILES string of the molecule is COc1ccc2c(c1)N(C)/C(=C1/SC(=Nc3ccc(C(C)=O)cc3)N(c3ccc(F)cc3)C1=O)S2. The summed E-state index contributed by atoms with van der Waals surface area (Å²) in [5.41, 5.74) is 2.65. The number of ketones is 1. The number of carbonyl (C=O) groups excluding carboxylic acids is 2. The molecule has 5 rings (SSSR count). The second-order valence-electron chi connectivity index (χ2n) is 7.85. The van der Waals surface area contributed by atoms with E-state index in [4.69, 9.17) is 9.73 Å². The van der Waals surface area contributed by atoms with Gasteiger partial charge < -0.3 is 9.64 Å². The normalized spacial score (nSPS) is 18.4. The van der Waals surface area contributed by atoms with Crippen LogP contribution in [0.1, 0.15) is 17.3 Å². The zero-order chi connectivity index (χ0) is 24.7. The van der Waals surface area contributed by atoms with Gasteiger partial charge in [0.2, 0.25) is 0 Å². The van der Waals surface area contributed by atoms with Crippen LogP contribution in [0.2, 0.25) is 0 Å². The number of nitrogens with zero attached hydrogens (tertiary/aromatic N) is 3. The van der Waals surface area contributed by atoms with Crippen LogP contribution in [0, 0.1) is 5.82 Å². The van der Waals surface area contributed by atoms with Gasteiger partial charge in [-0.05, 0) is 79.3 Å². The molecule has 3 aromatic carbocycles. The fourth-order valence-corrected chi connectivity index (χ4v) is 6.06. The van der Waals surface area contributed by atoms with E-state index in [1.165, 1.54) is 47.5 Å². The predicted octanol–water partition coefficient (Wildman–Crippen LogP) is 6.22. The largest absolute Gasteiger partial charge is 0.497 e. The lowest BCUT2D eigenvalue weighted by molar-refractivity contribution is -0.113. The molecule has 0 aliphatic carbocycles. The molecular formula is C26H20FN3O3S2. The molecule has 9 heteroatoms. The van der Waals surface area contributed by atoms with Gasteiger partial charge in [0.05, 0.1) is 29.2 Å². The highest BCUT2D eigenvalue weighted by Crippen LogP contribution is 2.51. The van der Waals surface area contributed by atoms with Crippen molar-refractivity contribution < 1.29 is 18.7 Å². The molecule has 2 heterocycles. The van der Waals surface area contributed by atoms with Crippen molar-refractivity contribution in [1.29, 1.82) is 0 Å². The first-order valence-corrected chi connectivity index (χ1v) is 12.3. The molecule has 1 fully saturated rings. The quantitative estimate of drug-likeness (QED) is 0.310. The minimum Gasteiger partial charge on any atom is -0.497 e. The standard InChI is InChI=1S/C26H20FN3O3S2/c1-15(31)16-4-8-18(9-5-16)28-26-30(19-10-6-17(27)7-11-19)24(32)23(35-26)25-29(2)21-14-20(33-3)12-13-22(21)34-25/h4-14H,1-3H3/b25-23-,28-26?. The van der Waals surface area contributed by atoms with E-state index in [9.17, 15) is 14.0 Å². The highest BCUT2D eigenvalue weighted by Gasteiger charge is 2.40. The third kappa shape index (κ3) is 4.33. The lowest BCUT2D eigenvalue weighted by Gasteiger charge is -2.17. The van der Waals surface area contributed by atoms with Gasteiger partial charge >= 0.3 is 0 Å². The number of methoxy groups -OCH3 is 1. The summed E-state index contributed by atoms with van der Waals surface area (Å²) in [4.78, 5) is 35.0. The minimum atomic E-state index is -0.389. The third-order valence-corrected chi connectivity index (χ3v) is 7.99. The van der Waals surface area contributed by atoms with E-state index >= 15 is 0 Å². The number of amides is 1. The fraction of sp³-hybridized carbons (Fsp3) is 0.115. The molecular weight excluding hydrogens is 485 g/mol. The Labute approximate surface area is 210 Å². The number of hydrogen-bond acceptors (Lipinski definition) is 7. The molecule has 0 unspecified atom stereocenters. The van der Waals surface area contributed by atoms with Crippen LogP contribution in [0.4, 0.5) is 21.5 Å². The number of halogens is 1. The second-order valence-corrected chi connectivity index (χ2v) is 9.85. The first kappa shape index (κ1) is 23.2. The molecule has 6 nitrogen and oxygen atoms in total. The topological polar surface area (TPSA) is 62.2 Å². The molecule has 35 heavy (non-hydrogen) atoms. The number of carbonyl (C=O) groups is 2. The summed E-state index contributed by atoms with van der Waals surface area (Å²) in [6.45, 7) is 1.50. The molecule has 176 valence electrons. The van der Waals surface area contributed by atoms with Crippen molar-refractivity contribution in [3.8, 4) is 5.75 Å². The van der Waals surface area contributed by atoms with Crippen molar-refractivity contribution >= 4 is 57.4 Å². The summed E-state index contributed by atoms with van der Waals surface area (Å²) >= 11 is 2.77. The first-order chi connectivity index (χ1) is 16.9. The van der Waals surface area contributed by atoms with Crippen molar-refractivity contribution in [2.75, 3.05) is 24.0 Å². The molecule has 0 radical (unpaired) electrons. The van der Waals surface area contributed by atoms with Gasteiger partial charge in [0.1, 0.15) is 16.5 Å². The predicted molar refractivity (Wildman–Crippen MR) is 139 cm³/mol. The Morgan fingerprint density at radius 2 is 1.71 bits per heavy atom. The summed E-state index contributed by atoms with van der Waals surface area (Å²) in [6.07, 6.45) is 0. The van der Waals surface area contributed by atoms with Crippen molar-refractivity contribution in [3.63, 3.8) is 0 Å². The number of benzene rings is 3. The number of anilines is 2. The molecule has 0 saturated carbocycles. The average molecular weight is 506 g/mol. The summed E-state index contributed by atoms with van der Waals surface area (Å²) in [5, 5.41) is 1.23. The van der Waals surface area contributed by atoms with E-state index in [1.807, 2.05) is 30.1 Å². The van der Waals surface area contributed by atoms with Crippen molar-refractivity contribution in [1.82, 2.24) is 0 Å². The maximum Gasteiger partial charge on any atom is 0.274 e. The number of thioether (sulfide) groups is 2. The minimum absolute atomic E-state index is 0.0351. The molecule has 0 atom stereocenters. The third-order valence-electron chi connectivity index (χ3n) is 5.60. The summed E-state index contributed by atoms with van der Waals surface area (Å²) in [5.74, 6) is 0.0689. The van der Waals surface area contributed by atoms with Crippen LogP contribution in [-0.4, -0.2) is 31.0 Å². The highest BCUT2D eigenvalue weighted by atomic mass is 32.2. The van der Waals surface area contributed by atoms with Crippen LogP contribution >= 0.6 is 23.5 Å². The van der Waals surface area contributed by atoms with Crippen LogP contribution in [0.25, 0.3) is 0 Å². The number of amidine groups is 1. The van der Waals surface area contributed by atoms with Crippen LogP contribution in [0.5, 0.6) is 5.75 Å². The lowest BCUT2D eigenvalue weighted by Crippen LogP contribution is -2.29. The van der Waals surface area contributed by atoms with Gasteiger partial charge in [-0.3, -0.25) is 14.5 Å². The average Bonchev–Trinajstić information content (AvgIpc) is 3.35. The molecule has 2 aliphatic rings. The van der Waals surface area contributed by atoms with Crippen LogP contribution in [0.15, 0.2) is 86.6 Å². The Balaban J connectivity index is 1.58. The van der Waals surface area contributed by atoms with Crippen molar-refractivity contribution in [2.45, 2.75) is 11.8 Å². The van der Waals surface area contributed by atoms with Gasteiger partial charge in [0.25, 0.3) is 5.91 Å². The van der Waals surface area contributed by atoms with E-state index in [1.54, 1.807) is 43.5 Å². The number of Topliss-reactive ketones (excluding diaryl/α,β-unsaturated/α-hetero) is 1. The Kier molecular flexibility index (Phi) is 6.12. The molecule has 0 bridgehead atoms. The van der Waals surface area contributed by atoms with E-state index in [0.29, 0.717) is 27.0 Å². The van der Waals surface area contributed by atoms with Gasteiger partial charge in [-0.15, -0.1) is 0 Å². The van der Waals surface area contributed by atoms with E-state index in [-0.39, 0.29) is 17.5 Å². The zero-order valence-electron chi connectivity index (χ0n) is 19.1. The molecule has 0 aromatic heterocycles. The van der Waals surface area contributed by atoms with Gasteiger partial charge in [-0.1, -0.05) is 11.8 Å². The van der Waals surface area contributed by atoms with Gasteiger partial charge in [0, 0.05) is 23.6 Å². The molecule has 3 aromatic rings. The smallest absolute Gasteiger partial charge is 0.274 e. The Morgan fingerprint density at radius 3 is 2.37 bits per heavy atom. The van der Waals surface area contributed by atoms with Gasteiger partial charge in [-0.2, -0.15) is 0 Å². The van der Waals surface area contributed by atoms with Crippen LogP contribution in [0.3, 0.4) is 0 Å². The first-order valence-electron chi connectivity index (χ1n) is 10.7. The maximum atomic E-state index is 13.7. The monoisotopic (exact) mass is 505 g/mol. The highest BCUT2D eigenvalue weighted by molar-refractivity contribution is 8.20. The number of rotatable bonds is 4. The van der Waals surface area contributed by atoms with E-state index < -0.39 is 0 Å². The zero-order valence-corrected chi connectivity index (χ0v) is 20.7. The molecule has 0 spiro atoms. The molecule has 0 N–H and O–H groups in total. The number of aliphatic imine (C=N–C) groups is 1. The van der Waals surface area contributed by atoms with E-state index in [2.05, 4.69) is 0 Å².